The summed E-state index contributed by atoms with van der Waals surface area (Å²) in [7, 11) is 1.46. The number of methoxy groups -OCH3 is 1. The van der Waals surface area contributed by atoms with E-state index in [1.165, 1.54) is 13.3 Å². The normalized spacial score (nSPS) is 10.6. The molecule has 7 heteroatoms. The summed E-state index contributed by atoms with van der Waals surface area (Å²) >= 11 is 3.23. The second kappa shape index (κ2) is 8.35. The van der Waals surface area contributed by atoms with E-state index in [9.17, 15) is 9.90 Å². The monoisotopic (exact) mass is 391 g/mol. The van der Waals surface area contributed by atoms with Crippen molar-refractivity contribution in [3.05, 3.63) is 52.0 Å². The zero-order chi connectivity index (χ0) is 17.5. The zero-order valence-electron chi connectivity index (χ0n) is 13.3. The van der Waals surface area contributed by atoms with Crippen molar-refractivity contribution in [1.82, 2.24) is 5.43 Å². The molecule has 2 rings (SSSR count). The molecule has 3 N–H and O–H groups in total. The van der Waals surface area contributed by atoms with Gasteiger partial charge in [0.25, 0.3) is 5.91 Å². The first-order valence-electron chi connectivity index (χ1n) is 7.19. The van der Waals surface area contributed by atoms with Crippen LogP contribution >= 0.6 is 15.9 Å². The van der Waals surface area contributed by atoms with Crippen LogP contribution in [0.1, 0.15) is 11.1 Å². The minimum absolute atomic E-state index is 0.0149. The Bertz CT molecular complexity index is 763. The van der Waals surface area contributed by atoms with Crippen LogP contribution in [0.3, 0.4) is 0 Å². The van der Waals surface area contributed by atoms with Gasteiger partial charge in [-0.3, -0.25) is 4.79 Å². The van der Waals surface area contributed by atoms with Crippen molar-refractivity contribution < 1.29 is 14.6 Å². The number of anilines is 1. The van der Waals surface area contributed by atoms with Crippen molar-refractivity contribution in [3.63, 3.8) is 0 Å². The first-order valence-corrected chi connectivity index (χ1v) is 7.98. The highest BCUT2D eigenvalue weighted by Gasteiger charge is 2.07. The van der Waals surface area contributed by atoms with Crippen molar-refractivity contribution in [2.45, 2.75) is 6.92 Å². The van der Waals surface area contributed by atoms with Gasteiger partial charge < -0.3 is 15.2 Å². The van der Waals surface area contributed by atoms with Crippen LogP contribution in [0.15, 0.2) is 46.0 Å². The van der Waals surface area contributed by atoms with Crippen molar-refractivity contribution in [2.24, 2.45) is 5.10 Å². The summed E-state index contributed by atoms with van der Waals surface area (Å²) in [5.74, 6) is 0.0683. The molecule has 126 valence electrons. The molecule has 0 bridgehead atoms. The van der Waals surface area contributed by atoms with Gasteiger partial charge in [0.15, 0.2) is 11.5 Å². The molecule has 0 fully saturated rings. The summed E-state index contributed by atoms with van der Waals surface area (Å²) in [6.07, 6.45) is 1.47. The summed E-state index contributed by atoms with van der Waals surface area (Å²) in [5, 5.41) is 16.7. The van der Waals surface area contributed by atoms with Crippen LogP contribution < -0.4 is 15.5 Å². The number of nitrogens with one attached hydrogen (secondary N) is 2. The van der Waals surface area contributed by atoms with E-state index in [0.29, 0.717) is 15.8 Å². The van der Waals surface area contributed by atoms with E-state index in [2.05, 4.69) is 31.8 Å². The van der Waals surface area contributed by atoms with Crippen molar-refractivity contribution >= 4 is 33.7 Å². The largest absolute Gasteiger partial charge is 0.503 e. The molecule has 2 aromatic rings. The van der Waals surface area contributed by atoms with Crippen LogP contribution in [0, 0.1) is 6.92 Å². The fraction of sp³-hybridized carbons (Fsp3) is 0.176. The highest BCUT2D eigenvalue weighted by molar-refractivity contribution is 9.10. The first kappa shape index (κ1) is 17.8. The Balaban J connectivity index is 1.91. The van der Waals surface area contributed by atoms with Gasteiger partial charge in [-0.2, -0.15) is 5.10 Å². The molecule has 0 atom stereocenters. The average molecular weight is 392 g/mol. The molecule has 24 heavy (non-hydrogen) atoms. The third-order valence-corrected chi connectivity index (χ3v) is 3.86. The molecule has 1 amide bonds. The van der Waals surface area contributed by atoms with E-state index in [4.69, 9.17) is 4.74 Å². The number of halogens is 1. The Morgan fingerprint density at radius 2 is 2.12 bits per heavy atom. The number of ether oxygens (including phenoxy) is 1. The van der Waals surface area contributed by atoms with Crippen molar-refractivity contribution in [3.8, 4) is 11.5 Å². The highest BCUT2D eigenvalue weighted by atomic mass is 79.9. The first-order chi connectivity index (χ1) is 11.5. The minimum Gasteiger partial charge on any atom is -0.503 e. The van der Waals surface area contributed by atoms with Gasteiger partial charge in [0.2, 0.25) is 0 Å². The topological polar surface area (TPSA) is 83.0 Å². The molecular formula is C17H18BrN3O3. The zero-order valence-corrected chi connectivity index (χ0v) is 14.9. The van der Waals surface area contributed by atoms with E-state index in [-0.39, 0.29) is 18.2 Å². The van der Waals surface area contributed by atoms with Crippen LogP contribution in [0.4, 0.5) is 5.69 Å². The molecule has 0 saturated carbocycles. The molecule has 0 radical (unpaired) electrons. The fourth-order valence-corrected chi connectivity index (χ4v) is 2.45. The van der Waals surface area contributed by atoms with E-state index >= 15 is 0 Å². The van der Waals surface area contributed by atoms with Crippen LogP contribution in [-0.4, -0.2) is 30.9 Å². The average Bonchev–Trinajstić information content (AvgIpc) is 2.57. The Hall–Kier alpha value is -2.54. The Labute approximate surface area is 148 Å². The number of carbonyl (C=O) groups is 1. The lowest BCUT2D eigenvalue weighted by Gasteiger charge is -2.08. The number of benzene rings is 2. The number of phenolic OH excluding ortho intramolecular Hbond substituents is 1. The van der Waals surface area contributed by atoms with Gasteiger partial charge in [-0.25, -0.2) is 5.43 Å². The number of rotatable bonds is 6. The van der Waals surface area contributed by atoms with E-state index in [0.717, 1.165) is 11.3 Å². The van der Waals surface area contributed by atoms with Crippen molar-refractivity contribution in [1.29, 1.82) is 0 Å². The number of amides is 1. The smallest absolute Gasteiger partial charge is 0.259 e. The number of nitrogens with zero attached hydrogens (tertiary/aromatic N) is 1. The number of hydrazone groups is 1. The molecular weight excluding hydrogens is 374 g/mol. The van der Waals surface area contributed by atoms with Crippen LogP contribution in [0.2, 0.25) is 0 Å². The van der Waals surface area contributed by atoms with Crippen LogP contribution in [0.25, 0.3) is 0 Å². The molecule has 2 aromatic carbocycles. The Morgan fingerprint density at radius 1 is 1.38 bits per heavy atom. The summed E-state index contributed by atoms with van der Waals surface area (Å²) in [5.41, 5.74) is 5.08. The summed E-state index contributed by atoms with van der Waals surface area (Å²) < 4.78 is 5.54. The summed E-state index contributed by atoms with van der Waals surface area (Å²) in [4.78, 5) is 11.8. The number of carbonyl (C=O) groups excluding carboxylic acids is 1. The predicted molar refractivity (Wildman–Crippen MR) is 97.8 cm³/mol. The number of para-hydroxylation sites is 1. The molecule has 0 aliphatic carbocycles. The maximum atomic E-state index is 11.8. The molecule has 0 aliphatic rings. The quantitative estimate of drug-likeness (QED) is 0.521. The SMILES string of the molecule is COc1cc(/C=N/NC(=O)CNc2ccccc2C)cc(Br)c1O. The lowest BCUT2D eigenvalue weighted by Crippen LogP contribution is -2.26. The van der Waals surface area contributed by atoms with Gasteiger partial charge in [0.05, 0.1) is 24.3 Å². The van der Waals surface area contributed by atoms with E-state index < -0.39 is 0 Å². The molecule has 6 nitrogen and oxygen atoms in total. The van der Waals surface area contributed by atoms with Gasteiger partial charge in [-0.05, 0) is 52.2 Å². The van der Waals surface area contributed by atoms with Gasteiger partial charge in [0, 0.05) is 5.69 Å². The van der Waals surface area contributed by atoms with E-state index in [1.807, 2.05) is 31.2 Å². The second-order valence-electron chi connectivity index (χ2n) is 5.02. The van der Waals surface area contributed by atoms with E-state index in [1.54, 1.807) is 12.1 Å². The molecule has 0 saturated heterocycles. The molecule has 0 aliphatic heterocycles. The number of aryl methyl sites for hydroxylation is 1. The van der Waals surface area contributed by atoms with Gasteiger partial charge >= 0.3 is 0 Å². The van der Waals surface area contributed by atoms with Crippen LogP contribution in [0.5, 0.6) is 11.5 Å². The lowest BCUT2D eigenvalue weighted by molar-refractivity contribution is -0.119. The van der Waals surface area contributed by atoms with Crippen LogP contribution in [-0.2, 0) is 4.79 Å². The predicted octanol–water partition coefficient (Wildman–Crippen LogP) is 3.03. The second-order valence-corrected chi connectivity index (χ2v) is 5.87. The van der Waals surface area contributed by atoms with Gasteiger partial charge in [-0.15, -0.1) is 0 Å². The number of hydrogen-bond acceptors (Lipinski definition) is 5. The summed E-state index contributed by atoms with van der Waals surface area (Å²) in [6, 6.07) is 11.0. The molecule has 0 heterocycles. The third kappa shape index (κ3) is 4.73. The highest BCUT2D eigenvalue weighted by Crippen LogP contribution is 2.34. The lowest BCUT2D eigenvalue weighted by atomic mass is 10.2. The van der Waals surface area contributed by atoms with Gasteiger partial charge in [0.1, 0.15) is 0 Å². The molecule has 0 spiro atoms. The fourth-order valence-electron chi connectivity index (χ4n) is 1.99. The number of hydrogen-bond donors (Lipinski definition) is 3. The minimum atomic E-state index is -0.265. The van der Waals surface area contributed by atoms with Gasteiger partial charge in [-0.1, -0.05) is 18.2 Å². The number of aromatic hydroxyl groups is 1. The maximum absolute atomic E-state index is 11.8. The standard InChI is InChI=1S/C17H18BrN3O3/c1-11-5-3-4-6-14(11)19-10-16(22)21-20-9-12-7-13(18)17(23)15(8-12)24-2/h3-9,19,23H,10H2,1-2H3,(H,21,22)/b20-9+. The summed E-state index contributed by atoms with van der Waals surface area (Å²) in [6.45, 7) is 2.08. The Morgan fingerprint density at radius 3 is 2.83 bits per heavy atom. The van der Waals surface area contributed by atoms with Crippen molar-refractivity contribution in [2.75, 3.05) is 19.0 Å². The molecule has 0 aromatic heterocycles. The third-order valence-electron chi connectivity index (χ3n) is 3.26. The Kier molecular flexibility index (Phi) is 6.20. The maximum Gasteiger partial charge on any atom is 0.259 e. The number of phenols is 1. The molecule has 0 unspecified atom stereocenters.